The van der Waals surface area contributed by atoms with Gasteiger partial charge in [0.2, 0.25) is 6.10 Å². The van der Waals surface area contributed by atoms with Crippen molar-refractivity contribution in [3.05, 3.63) is 60.2 Å². The molecule has 6 nitrogen and oxygen atoms in total. The first-order valence-corrected chi connectivity index (χ1v) is 8.84. The van der Waals surface area contributed by atoms with Gasteiger partial charge in [-0.2, -0.15) is 0 Å². The van der Waals surface area contributed by atoms with Gasteiger partial charge in [0.25, 0.3) is 5.91 Å². The minimum absolute atomic E-state index is 0.232. The zero-order chi connectivity index (χ0) is 19.6. The van der Waals surface area contributed by atoms with Crippen molar-refractivity contribution in [3.8, 4) is 11.5 Å². The number of carbonyl (C=O) groups is 2. The molecule has 0 aromatic heterocycles. The largest absolute Gasteiger partial charge is 0.497 e. The minimum atomic E-state index is -1.02. The van der Waals surface area contributed by atoms with Crippen LogP contribution in [0.15, 0.2) is 54.6 Å². The summed E-state index contributed by atoms with van der Waals surface area (Å²) in [6.07, 6.45) is -0.763. The van der Waals surface area contributed by atoms with E-state index in [4.69, 9.17) is 9.47 Å². The van der Waals surface area contributed by atoms with E-state index in [1.165, 1.54) is 4.90 Å². The molecule has 1 saturated heterocycles. The number of aliphatic carboxylic acids is 1. The third-order valence-electron chi connectivity index (χ3n) is 4.73. The Morgan fingerprint density at radius 2 is 1.67 bits per heavy atom. The van der Waals surface area contributed by atoms with Gasteiger partial charge < -0.3 is 19.5 Å². The van der Waals surface area contributed by atoms with Gasteiger partial charge in [-0.3, -0.25) is 4.79 Å². The van der Waals surface area contributed by atoms with E-state index in [0.29, 0.717) is 11.5 Å². The maximum Gasteiger partial charge on any atom is 0.326 e. The molecule has 0 radical (unpaired) electrons. The van der Waals surface area contributed by atoms with E-state index in [-0.39, 0.29) is 11.8 Å². The van der Waals surface area contributed by atoms with Crippen LogP contribution in [0.2, 0.25) is 0 Å². The van der Waals surface area contributed by atoms with E-state index < -0.39 is 24.2 Å². The van der Waals surface area contributed by atoms with Crippen molar-refractivity contribution in [3.63, 3.8) is 0 Å². The molecule has 0 spiro atoms. The number of rotatable bonds is 7. The highest BCUT2D eigenvalue weighted by atomic mass is 16.5. The molecule has 0 aliphatic carbocycles. The number of β-lactam (4-membered cyclic amide) rings is 1. The van der Waals surface area contributed by atoms with Crippen LogP contribution in [0, 0.1) is 5.92 Å². The Bertz CT molecular complexity index is 803. The second-order valence-electron chi connectivity index (χ2n) is 6.84. The van der Waals surface area contributed by atoms with Gasteiger partial charge >= 0.3 is 5.97 Å². The number of carboxylic acid groups (broad SMARTS) is 1. The fraction of sp³-hybridized carbons (Fsp3) is 0.333. The zero-order valence-electron chi connectivity index (χ0n) is 15.5. The maximum absolute atomic E-state index is 12.8. The first-order valence-electron chi connectivity index (χ1n) is 8.84. The average Bonchev–Trinajstić information content (AvgIpc) is 2.67. The Balaban J connectivity index is 1.95. The van der Waals surface area contributed by atoms with Gasteiger partial charge in [-0.15, -0.1) is 0 Å². The summed E-state index contributed by atoms with van der Waals surface area (Å²) in [5.74, 6) is -0.304. The van der Waals surface area contributed by atoms with Crippen LogP contribution in [0.4, 0.5) is 0 Å². The van der Waals surface area contributed by atoms with Gasteiger partial charge in [0.05, 0.1) is 7.11 Å². The fourth-order valence-corrected chi connectivity index (χ4v) is 3.42. The van der Waals surface area contributed by atoms with E-state index in [2.05, 4.69) is 0 Å². The van der Waals surface area contributed by atoms with Crippen LogP contribution in [0.25, 0.3) is 0 Å². The summed E-state index contributed by atoms with van der Waals surface area (Å²) >= 11 is 0. The predicted molar refractivity (Wildman–Crippen MR) is 99.7 cm³/mol. The molecular formula is C21H23NO5. The number of carboxylic acids is 1. The molecule has 2 aromatic carbocycles. The van der Waals surface area contributed by atoms with Crippen molar-refractivity contribution >= 4 is 11.9 Å². The van der Waals surface area contributed by atoms with Gasteiger partial charge in [0.15, 0.2) is 0 Å². The van der Waals surface area contributed by atoms with E-state index in [9.17, 15) is 14.7 Å². The number of para-hydroxylation sites is 1. The molecule has 1 heterocycles. The summed E-state index contributed by atoms with van der Waals surface area (Å²) in [5, 5.41) is 9.67. The van der Waals surface area contributed by atoms with Gasteiger partial charge in [0.1, 0.15) is 23.6 Å². The van der Waals surface area contributed by atoms with E-state index >= 15 is 0 Å². The molecule has 3 unspecified atom stereocenters. The van der Waals surface area contributed by atoms with Gasteiger partial charge in [-0.05, 0) is 35.7 Å². The van der Waals surface area contributed by atoms with E-state index in [1.54, 1.807) is 45.2 Å². The molecule has 2 aromatic rings. The Hall–Kier alpha value is -3.02. The predicted octanol–water partition coefficient (Wildman–Crippen LogP) is 3.14. The minimum Gasteiger partial charge on any atom is -0.497 e. The maximum atomic E-state index is 12.8. The molecule has 1 N–H and O–H groups in total. The molecule has 3 rings (SSSR count). The number of ether oxygens (including phenoxy) is 2. The fourth-order valence-electron chi connectivity index (χ4n) is 3.42. The quantitative estimate of drug-likeness (QED) is 0.759. The van der Waals surface area contributed by atoms with E-state index in [1.807, 2.05) is 30.3 Å². The van der Waals surface area contributed by atoms with Crippen molar-refractivity contribution in [1.29, 1.82) is 0 Å². The number of methoxy groups -OCH3 is 1. The number of nitrogens with zero attached hydrogens (tertiary/aromatic N) is 1. The third kappa shape index (κ3) is 3.60. The molecule has 1 fully saturated rings. The van der Waals surface area contributed by atoms with Crippen molar-refractivity contribution < 1.29 is 24.2 Å². The number of benzene rings is 2. The van der Waals surface area contributed by atoms with Gasteiger partial charge in [-0.1, -0.05) is 44.2 Å². The summed E-state index contributed by atoms with van der Waals surface area (Å²) < 4.78 is 11.1. The molecular weight excluding hydrogens is 346 g/mol. The number of carbonyl (C=O) groups excluding carboxylic acids is 1. The van der Waals surface area contributed by atoms with E-state index in [0.717, 1.165) is 5.56 Å². The van der Waals surface area contributed by atoms with Crippen LogP contribution in [0.1, 0.15) is 25.5 Å². The Morgan fingerprint density at radius 1 is 1.04 bits per heavy atom. The van der Waals surface area contributed by atoms with Crippen LogP contribution in [-0.4, -0.2) is 41.1 Å². The molecule has 6 heteroatoms. The lowest BCUT2D eigenvalue weighted by Gasteiger charge is -2.50. The van der Waals surface area contributed by atoms with Gasteiger partial charge in [0, 0.05) is 0 Å². The number of hydrogen-bond acceptors (Lipinski definition) is 4. The van der Waals surface area contributed by atoms with Gasteiger partial charge in [-0.25, -0.2) is 4.79 Å². The summed E-state index contributed by atoms with van der Waals surface area (Å²) in [6.45, 7) is 3.59. The lowest BCUT2D eigenvalue weighted by Crippen LogP contribution is -2.67. The summed E-state index contributed by atoms with van der Waals surface area (Å²) in [5.41, 5.74) is 0.809. The molecule has 27 heavy (non-hydrogen) atoms. The molecule has 3 atom stereocenters. The monoisotopic (exact) mass is 369 g/mol. The molecule has 0 bridgehead atoms. The first-order chi connectivity index (χ1) is 12.9. The van der Waals surface area contributed by atoms with Crippen LogP contribution in [0.5, 0.6) is 11.5 Å². The Kier molecular flexibility index (Phi) is 5.35. The highest BCUT2D eigenvalue weighted by molar-refractivity contribution is 5.93. The molecule has 1 amide bonds. The lowest BCUT2D eigenvalue weighted by atomic mass is 9.85. The summed E-state index contributed by atoms with van der Waals surface area (Å²) in [6, 6.07) is 14.9. The van der Waals surface area contributed by atoms with Crippen LogP contribution < -0.4 is 9.47 Å². The van der Waals surface area contributed by atoms with Crippen molar-refractivity contribution in [2.24, 2.45) is 5.92 Å². The molecule has 1 aliphatic heterocycles. The average molecular weight is 369 g/mol. The second kappa shape index (κ2) is 7.70. The summed E-state index contributed by atoms with van der Waals surface area (Å²) in [4.78, 5) is 26.1. The Labute approximate surface area is 158 Å². The topological polar surface area (TPSA) is 76.1 Å². The standard InChI is InChI=1S/C21H23NO5/c1-13(2)17(21(24)25)22-18(14-9-11-15(26-3)12-10-14)19(20(22)23)27-16-7-5-4-6-8-16/h4-13,17-19H,1-3H3,(H,24,25). The van der Waals surface area contributed by atoms with Crippen molar-refractivity contribution in [1.82, 2.24) is 4.90 Å². The number of hydrogen-bond donors (Lipinski definition) is 1. The van der Waals surface area contributed by atoms with Crippen molar-refractivity contribution in [2.45, 2.75) is 32.0 Å². The highest BCUT2D eigenvalue weighted by Gasteiger charge is 2.55. The van der Waals surface area contributed by atoms with Crippen LogP contribution >= 0.6 is 0 Å². The molecule has 0 saturated carbocycles. The van der Waals surface area contributed by atoms with Crippen LogP contribution in [0.3, 0.4) is 0 Å². The smallest absolute Gasteiger partial charge is 0.326 e. The number of amides is 1. The third-order valence-corrected chi connectivity index (χ3v) is 4.73. The first kappa shape index (κ1) is 18.8. The molecule has 1 aliphatic rings. The molecule has 142 valence electrons. The SMILES string of the molecule is COc1ccc(C2C(Oc3ccccc3)C(=O)N2C(C(=O)O)C(C)C)cc1. The second-order valence-corrected chi connectivity index (χ2v) is 6.84. The number of likely N-dealkylation sites (tertiary alicyclic amines) is 1. The highest BCUT2D eigenvalue weighted by Crippen LogP contribution is 2.41. The zero-order valence-corrected chi connectivity index (χ0v) is 15.5. The Morgan fingerprint density at radius 3 is 2.19 bits per heavy atom. The normalized spacial score (nSPS) is 20.1. The summed E-state index contributed by atoms with van der Waals surface area (Å²) in [7, 11) is 1.58. The van der Waals surface area contributed by atoms with Crippen molar-refractivity contribution in [2.75, 3.05) is 7.11 Å². The lowest BCUT2D eigenvalue weighted by molar-refractivity contribution is -0.179. The van der Waals surface area contributed by atoms with Crippen LogP contribution in [-0.2, 0) is 9.59 Å².